The van der Waals surface area contributed by atoms with Crippen LogP contribution in [0.15, 0.2) is 36.4 Å². The maximum absolute atomic E-state index is 12.5. The van der Waals surface area contributed by atoms with E-state index in [-0.39, 0.29) is 11.8 Å². The topological polar surface area (TPSA) is 58.6 Å². The van der Waals surface area contributed by atoms with Crippen molar-refractivity contribution in [2.75, 3.05) is 23.9 Å². The van der Waals surface area contributed by atoms with Gasteiger partial charge in [0.05, 0.1) is 12.8 Å². The third-order valence-electron chi connectivity index (χ3n) is 4.03. The van der Waals surface area contributed by atoms with Crippen LogP contribution >= 0.6 is 11.6 Å². The van der Waals surface area contributed by atoms with Gasteiger partial charge in [-0.1, -0.05) is 11.6 Å². The minimum Gasteiger partial charge on any atom is -0.495 e. The number of carbonyl (C=O) groups excluding carboxylic acids is 2. The Morgan fingerprint density at radius 3 is 2.71 bits per heavy atom. The summed E-state index contributed by atoms with van der Waals surface area (Å²) in [6.45, 7) is 2.19. The number of rotatable bonds is 3. The molecule has 2 amide bonds. The maximum Gasteiger partial charge on any atom is 0.255 e. The first-order chi connectivity index (χ1) is 11.5. The number of hydrogen-bond donors (Lipinski definition) is 1. The van der Waals surface area contributed by atoms with Gasteiger partial charge in [-0.3, -0.25) is 9.59 Å². The molecule has 5 nitrogen and oxygen atoms in total. The van der Waals surface area contributed by atoms with Gasteiger partial charge in [0.15, 0.2) is 0 Å². The largest absolute Gasteiger partial charge is 0.495 e. The summed E-state index contributed by atoms with van der Waals surface area (Å²) in [7, 11) is 1.53. The molecule has 24 heavy (non-hydrogen) atoms. The molecule has 0 bridgehead atoms. The smallest absolute Gasteiger partial charge is 0.255 e. The van der Waals surface area contributed by atoms with Crippen molar-refractivity contribution in [1.29, 1.82) is 0 Å². The number of nitrogens with zero attached hydrogens (tertiary/aromatic N) is 1. The zero-order chi connectivity index (χ0) is 17.3. The lowest BCUT2D eigenvalue weighted by molar-refractivity contribution is -0.116. The van der Waals surface area contributed by atoms with Crippen molar-refractivity contribution in [2.24, 2.45) is 0 Å². The minimum absolute atomic E-state index is 0.00890. The third kappa shape index (κ3) is 3.08. The number of benzene rings is 2. The molecule has 1 aliphatic heterocycles. The Morgan fingerprint density at radius 2 is 2.00 bits per heavy atom. The van der Waals surface area contributed by atoms with Gasteiger partial charge in [-0.05, 0) is 48.4 Å². The fraction of sp³-hybridized carbons (Fsp3) is 0.222. The van der Waals surface area contributed by atoms with Crippen LogP contribution in [0, 0.1) is 0 Å². The zero-order valence-corrected chi connectivity index (χ0v) is 14.2. The monoisotopic (exact) mass is 344 g/mol. The van der Waals surface area contributed by atoms with Crippen LogP contribution in [0.1, 0.15) is 22.8 Å². The van der Waals surface area contributed by atoms with Gasteiger partial charge in [0, 0.05) is 29.7 Å². The van der Waals surface area contributed by atoms with E-state index in [0.717, 1.165) is 17.7 Å². The van der Waals surface area contributed by atoms with Gasteiger partial charge in [-0.25, -0.2) is 0 Å². The van der Waals surface area contributed by atoms with Crippen molar-refractivity contribution in [3.8, 4) is 5.75 Å². The summed E-state index contributed by atoms with van der Waals surface area (Å²) in [6.07, 6.45) is 0.747. The van der Waals surface area contributed by atoms with Crippen molar-refractivity contribution in [3.05, 3.63) is 52.5 Å². The Hall–Kier alpha value is -2.53. The number of anilines is 2. The zero-order valence-electron chi connectivity index (χ0n) is 13.4. The van der Waals surface area contributed by atoms with E-state index in [1.54, 1.807) is 36.1 Å². The Labute approximate surface area is 145 Å². The van der Waals surface area contributed by atoms with E-state index in [9.17, 15) is 9.59 Å². The van der Waals surface area contributed by atoms with Gasteiger partial charge >= 0.3 is 0 Å². The molecule has 0 aliphatic carbocycles. The van der Waals surface area contributed by atoms with Gasteiger partial charge in [0.2, 0.25) is 5.91 Å². The van der Waals surface area contributed by atoms with Crippen molar-refractivity contribution in [2.45, 2.75) is 13.3 Å². The second-order valence-electron chi connectivity index (χ2n) is 5.56. The Kier molecular flexibility index (Phi) is 4.44. The molecule has 0 saturated carbocycles. The predicted octanol–water partition coefficient (Wildman–Crippen LogP) is 3.51. The van der Waals surface area contributed by atoms with Gasteiger partial charge in [0.25, 0.3) is 5.91 Å². The summed E-state index contributed by atoms with van der Waals surface area (Å²) in [5.74, 6) is 0.297. The van der Waals surface area contributed by atoms with Crippen LogP contribution in [0.3, 0.4) is 0 Å². The van der Waals surface area contributed by atoms with Crippen LogP contribution < -0.4 is 15.0 Å². The molecule has 0 radical (unpaired) electrons. The van der Waals surface area contributed by atoms with Gasteiger partial charge in [-0.2, -0.15) is 0 Å². The lowest BCUT2D eigenvalue weighted by Crippen LogP contribution is -2.25. The second kappa shape index (κ2) is 6.53. The van der Waals surface area contributed by atoms with Crippen LogP contribution in [0.25, 0.3) is 0 Å². The van der Waals surface area contributed by atoms with Crippen LogP contribution in [0.4, 0.5) is 11.4 Å². The fourth-order valence-corrected chi connectivity index (χ4v) is 3.01. The SMILES string of the molecule is COc1ccc(Cl)cc1NC(=O)c1ccc2c(c1)CCN2C(C)=O. The molecule has 0 unspecified atom stereocenters. The highest BCUT2D eigenvalue weighted by Crippen LogP contribution is 2.31. The number of fused-ring (bicyclic) bond motifs is 1. The number of methoxy groups -OCH3 is 1. The quantitative estimate of drug-likeness (QED) is 0.927. The van der Waals surface area contributed by atoms with E-state index in [1.807, 2.05) is 12.1 Å². The van der Waals surface area contributed by atoms with Gasteiger partial charge < -0.3 is 15.0 Å². The molecule has 0 aromatic heterocycles. The van der Waals surface area contributed by atoms with Crippen molar-refractivity contribution in [1.82, 2.24) is 0 Å². The lowest BCUT2D eigenvalue weighted by Gasteiger charge is -2.15. The van der Waals surface area contributed by atoms with Crippen molar-refractivity contribution in [3.63, 3.8) is 0 Å². The normalized spacial score (nSPS) is 12.7. The van der Waals surface area contributed by atoms with Gasteiger partial charge in [0.1, 0.15) is 5.75 Å². The number of nitrogens with one attached hydrogen (secondary N) is 1. The predicted molar refractivity (Wildman–Crippen MR) is 94.1 cm³/mol. The average Bonchev–Trinajstić information content (AvgIpc) is 2.98. The molecule has 0 fully saturated rings. The average molecular weight is 345 g/mol. The first kappa shape index (κ1) is 16.3. The summed E-state index contributed by atoms with van der Waals surface area (Å²) in [6, 6.07) is 10.4. The molecule has 0 saturated heterocycles. The molecular formula is C18H17ClN2O3. The summed E-state index contributed by atoms with van der Waals surface area (Å²) in [5.41, 5.74) is 2.91. The van der Waals surface area contributed by atoms with Crippen molar-refractivity contribution >= 4 is 34.8 Å². The van der Waals surface area contributed by atoms with Crippen molar-refractivity contribution < 1.29 is 14.3 Å². The van der Waals surface area contributed by atoms with Crippen LogP contribution in [0.5, 0.6) is 5.75 Å². The van der Waals surface area contributed by atoms with Crippen LogP contribution in [-0.2, 0) is 11.2 Å². The highest BCUT2D eigenvalue weighted by atomic mass is 35.5. The Bertz CT molecular complexity index is 820. The highest BCUT2D eigenvalue weighted by Gasteiger charge is 2.23. The highest BCUT2D eigenvalue weighted by molar-refractivity contribution is 6.31. The van der Waals surface area contributed by atoms with E-state index in [4.69, 9.17) is 16.3 Å². The Balaban J connectivity index is 1.85. The number of amides is 2. The molecule has 2 aromatic carbocycles. The molecule has 6 heteroatoms. The maximum atomic E-state index is 12.5. The molecule has 0 spiro atoms. The second-order valence-corrected chi connectivity index (χ2v) is 6.00. The van der Waals surface area contributed by atoms with E-state index in [0.29, 0.717) is 28.6 Å². The van der Waals surface area contributed by atoms with E-state index < -0.39 is 0 Å². The molecule has 0 atom stereocenters. The standard InChI is InChI=1S/C18H17ClN2O3/c1-11(22)21-8-7-12-9-13(3-5-16(12)21)18(23)20-15-10-14(19)4-6-17(15)24-2/h3-6,9-10H,7-8H2,1-2H3,(H,20,23). The lowest BCUT2D eigenvalue weighted by atomic mass is 10.1. The van der Waals surface area contributed by atoms with E-state index >= 15 is 0 Å². The third-order valence-corrected chi connectivity index (χ3v) is 4.26. The number of hydrogen-bond acceptors (Lipinski definition) is 3. The molecule has 3 rings (SSSR count). The summed E-state index contributed by atoms with van der Waals surface area (Å²) in [4.78, 5) is 25.8. The molecule has 2 aromatic rings. The Morgan fingerprint density at radius 1 is 1.21 bits per heavy atom. The molecule has 1 heterocycles. The number of ether oxygens (including phenoxy) is 1. The van der Waals surface area contributed by atoms with E-state index in [2.05, 4.69) is 5.32 Å². The fourth-order valence-electron chi connectivity index (χ4n) is 2.84. The molecule has 1 aliphatic rings. The summed E-state index contributed by atoms with van der Waals surface area (Å²) < 4.78 is 5.23. The van der Waals surface area contributed by atoms with Crippen LogP contribution in [-0.4, -0.2) is 25.5 Å². The molecular weight excluding hydrogens is 328 g/mol. The first-order valence-corrected chi connectivity index (χ1v) is 7.93. The minimum atomic E-state index is -0.250. The number of carbonyl (C=O) groups is 2. The van der Waals surface area contributed by atoms with Gasteiger partial charge in [-0.15, -0.1) is 0 Å². The van der Waals surface area contributed by atoms with E-state index in [1.165, 1.54) is 7.11 Å². The summed E-state index contributed by atoms with van der Waals surface area (Å²) >= 11 is 5.98. The number of halogens is 1. The first-order valence-electron chi connectivity index (χ1n) is 7.55. The molecule has 124 valence electrons. The van der Waals surface area contributed by atoms with Crippen LogP contribution in [0.2, 0.25) is 5.02 Å². The summed E-state index contributed by atoms with van der Waals surface area (Å²) in [5, 5.41) is 3.33. The molecule has 1 N–H and O–H groups in total.